The lowest BCUT2D eigenvalue weighted by Crippen LogP contribution is -2.32. The summed E-state index contributed by atoms with van der Waals surface area (Å²) in [4.78, 5) is 31.6. The minimum absolute atomic E-state index is 0.00292. The zero-order valence-electron chi connectivity index (χ0n) is 23.9. The Kier molecular flexibility index (Phi) is 8.27. The van der Waals surface area contributed by atoms with Crippen LogP contribution in [-0.2, 0) is 16.0 Å². The van der Waals surface area contributed by atoms with Gasteiger partial charge in [0.15, 0.2) is 6.61 Å². The Morgan fingerprint density at radius 3 is 2.39 bits per heavy atom. The summed E-state index contributed by atoms with van der Waals surface area (Å²) in [5.74, 6) is -0.585. The van der Waals surface area contributed by atoms with Crippen LogP contribution >= 0.6 is 11.6 Å². The maximum Gasteiger partial charge on any atom is 0.339 e. The predicted octanol–water partition coefficient (Wildman–Crippen LogP) is 8.07. The van der Waals surface area contributed by atoms with E-state index in [1.54, 1.807) is 0 Å². The molecule has 2 atom stereocenters. The fourth-order valence-corrected chi connectivity index (χ4v) is 5.57. The predicted molar refractivity (Wildman–Crippen MR) is 166 cm³/mol. The average molecular weight is 567 g/mol. The van der Waals surface area contributed by atoms with Gasteiger partial charge in [0, 0.05) is 10.4 Å². The summed E-state index contributed by atoms with van der Waals surface area (Å²) < 4.78 is 5.68. The number of rotatable bonds is 6. The Morgan fingerprint density at radius 1 is 1.00 bits per heavy atom. The van der Waals surface area contributed by atoms with Crippen molar-refractivity contribution < 1.29 is 14.3 Å². The Balaban J connectivity index is 1.51. The summed E-state index contributed by atoms with van der Waals surface area (Å²) in [5, 5.41) is 4.33. The molecule has 0 fully saturated rings. The topological polar surface area (TPSA) is 68.3 Å². The highest BCUT2D eigenvalue weighted by atomic mass is 35.5. The average Bonchev–Trinajstić information content (AvgIpc) is 2.96. The number of halogens is 1. The lowest BCUT2D eigenvalue weighted by molar-refractivity contribution is -0.124. The second-order valence-corrected chi connectivity index (χ2v) is 12.2. The van der Waals surface area contributed by atoms with Crippen LogP contribution in [0.25, 0.3) is 22.6 Å². The number of hydrogen-bond acceptors (Lipinski definition) is 4. The van der Waals surface area contributed by atoms with Gasteiger partial charge in [-0.25, -0.2) is 9.78 Å². The molecule has 210 valence electrons. The van der Waals surface area contributed by atoms with Crippen molar-refractivity contribution in [3.8, 4) is 0 Å². The lowest BCUT2D eigenvalue weighted by Gasteiger charge is -2.36. The first kappa shape index (κ1) is 28.6. The highest BCUT2D eigenvalue weighted by molar-refractivity contribution is 6.30. The fraction of sp³-hybridized carbons (Fsp3) is 0.286. The van der Waals surface area contributed by atoms with Crippen molar-refractivity contribution >= 4 is 46.0 Å². The fourth-order valence-electron chi connectivity index (χ4n) is 5.44. The minimum Gasteiger partial charge on any atom is -0.452 e. The first-order valence-electron chi connectivity index (χ1n) is 14.0. The van der Waals surface area contributed by atoms with Gasteiger partial charge in [-0.15, -0.1) is 0 Å². The number of para-hydroxylation sites is 1. The van der Waals surface area contributed by atoms with E-state index in [0.717, 1.165) is 45.3 Å². The molecule has 1 aliphatic rings. The molecule has 0 bridgehead atoms. The Hall–Kier alpha value is -3.96. The summed E-state index contributed by atoms with van der Waals surface area (Å²) in [5.41, 5.74) is 5.97. The molecule has 3 aromatic carbocycles. The van der Waals surface area contributed by atoms with E-state index >= 15 is 0 Å². The SMILES string of the molecule is C[C@H](NC(=O)COC(=O)c1c2c(nc3ccccc13)/C(=C\c1ccc(Cl)cc1)C[C@H](C(C)(C)C)C2)c1ccccc1. The normalized spacial score (nSPS) is 16.7. The van der Waals surface area contributed by atoms with Gasteiger partial charge in [0.05, 0.1) is 22.8 Å². The van der Waals surface area contributed by atoms with Crippen molar-refractivity contribution in [1.82, 2.24) is 10.3 Å². The van der Waals surface area contributed by atoms with Gasteiger partial charge >= 0.3 is 5.97 Å². The van der Waals surface area contributed by atoms with Crippen LogP contribution in [-0.4, -0.2) is 23.5 Å². The molecular formula is C35H35ClN2O3. The maximum atomic E-state index is 13.8. The standard InChI is InChI=1S/C35H35ClN2O3/c1-22(24-10-6-5-7-11-24)37-31(39)21-41-34(40)32-28-12-8-9-13-30(28)38-33-25(18-23-14-16-27(36)17-15-23)19-26(20-29(32)33)35(2,3)4/h5-18,22,26H,19-21H2,1-4H3,(H,37,39)/b25-18-/t22-,26-/m0/s1. The van der Waals surface area contributed by atoms with Crippen LogP contribution in [0.3, 0.4) is 0 Å². The van der Waals surface area contributed by atoms with Crippen LogP contribution in [0, 0.1) is 11.3 Å². The molecule has 41 heavy (non-hydrogen) atoms. The van der Waals surface area contributed by atoms with E-state index < -0.39 is 5.97 Å². The van der Waals surface area contributed by atoms with Gasteiger partial charge in [0.2, 0.25) is 0 Å². The Bertz CT molecular complexity index is 1600. The largest absolute Gasteiger partial charge is 0.452 e. The Morgan fingerprint density at radius 2 is 1.68 bits per heavy atom. The number of nitrogens with one attached hydrogen (secondary N) is 1. The second-order valence-electron chi connectivity index (χ2n) is 11.8. The molecule has 1 aliphatic carbocycles. The van der Waals surface area contributed by atoms with Gasteiger partial charge in [-0.2, -0.15) is 0 Å². The molecule has 0 unspecified atom stereocenters. The van der Waals surface area contributed by atoms with E-state index in [1.807, 2.05) is 85.8 Å². The van der Waals surface area contributed by atoms with Gasteiger partial charge in [0.1, 0.15) is 0 Å². The van der Waals surface area contributed by atoms with Gasteiger partial charge in [0.25, 0.3) is 5.91 Å². The van der Waals surface area contributed by atoms with Crippen molar-refractivity contribution in [3.05, 3.63) is 112 Å². The molecule has 0 saturated heterocycles. The molecule has 1 N–H and O–H groups in total. The maximum absolute atomic E-state index is 13.8. The number of nitrogens with zero attached hydrogens (tertiary/aromatic N) is 1. The minimum atomic E-state index is -0.511. The number of fused-ring (bicyclic) bond motifs is 2. The van der Waals surface area contributed by atoms with E-state index in [1.165, 1.54) is 0 Å². The molecule has 1 aromatic heterocycles. The zero-order valence-corrected chi connectivity index (χ0v) is 24.7. The van der Waals surface area contributed by atoms with Crippen LogP contribution in [0.2, 0.25) is 5.02 Å². The Labute approximate surface area is 246 Å². The van der Waals surface area contributed by atoms with Crippen LogP contribution in [0.15, 0.2) is 78.9 Å². The number of hydrogen-bond donors (Lipinski definition) is 1. The van der Waals surface area contributed by atoms with Crippen molar-refractivity contribution in [2.45, 2.75) is 46.6 Å². The summed E-state index contributed by atoms with van der Waals surface area (Å²) >= 11 is 6.14. The summed E-state index contributed by atoms with van der Waals surface area (Å²) in [6.07, 6.45) is 3.66. The second kappa shape index (κ2) is 11.9. The van der Waals surface area contributed by atoms with Crippen molar-refractivity contribution in [2.24, 2.45) is 11.3 Å². The van der Waals surface area contributed by atoms with Crippen molar-refractivity contribution in [1.29, 1.82) is 0 Å². The number of esters is 1. The third-order valence-electron chi connectivity index (χ3n) is 7.87. The lowest BCUT2D eigenvalue weighted by atomic mass is 9.69. The summed E-state index contributed by atoms with van der Waals surface area (Å²) in [7, 11) is 0. The first-order chi connectivity index (χ1) is 19.6. The van der Waals surface area contributed by atoms with E-state index in [0.29, 0.717) is 17.0 Å². The van der Waals surface area contributed by atoms with Crippen LogP contribution in [0.4, 0.5) is 0 Å². The molecule has 6 heteroatoms. The number of amides is 1. The number of aromatic nitrogens is 1. The third-order valence-corrected chi connectivity index (χ3v) is 8.12. The smallest absolute Gasteiger partial charge is 0.339 e. The highest BCUT2D eigenvalue weighted by Gasteiger charge is 2.35. The molecule has 5 rings (SSSR count). The van der Waals surface area contributed by atoms with Crippen molar-refractivity contribution in [3.63, 3.8) is 0 Å². The molecule has 0 spiro atoms. The number of allylic oxidation sites excluding steroid dienone is 1. The van der Waals surface area contributed by atoms with Crippen molar-refractivity contribution in [2.75, 3.05) is 6.61 Å². The molecule has 1 amide bonds. The molecule has 4 aromatic rings. The third kappa shape index (κ3) is 6.52. The van der Waals surface area contributed by atoms with Gasteiger partial charge in [-0.05, 0) is 77.6 Å². The molecule has 0 aliphatic heterocycles. The summed E-state index contributed by atoms with van der Waals surface area (Å²) in [6.45, 7) is 8.23. The zero-order chi connectivity index (χ0) is 29.1. The van der Waals surface area contributed by atoms with Gasteiger partial charge < -0.3 is 10.1 Å². The van der Waals surface area contributed by atoms with E-state index in [2.05, 4.69) is 32.2 Å². The first-order valence-corrected chi connectivity index (χ1v) is 14.4. The van der Waals surface area contributed by atoms with E-state index in [9.17, 15) is 9.59 Å². The molecule has 0 radical (unpaired) electrons. The molecule has 1 heterocycles. The molecule has 5 nitrogen and oxygen atoms in total. The van der Waals surface area contributed by atoms with E-state index in [-0.39, 0.29) is 29.9 Å². The number of carbonyl (C=O) groups excluding carboxylic acids is 2. The van der Waals surface area contributed by atoms with Crippen LogP contribution in [0.5, 0.6) is 0 Å². The van der Waals surface area contributed by atoms with Gasteiger partial charge in [-0.1, -0.05) is 93.0 Å². The van der Waals surface area contributed by atoms with Gasteiger partial charge in [-0.3, -0.25) is 4.79 Å². The molecular weight excluding hydrogens is 532 g/mol. The number of carbonyl (C=O) groups is 2. The number of benzene rings is 3. The monoisotopic (exact) mass is 566 g/mol. The number of ether oxygens (including phenoxy) is 1. The highest BCUT2D eigenvalue weighted by Crippen LogP contribution is 2.45. The number of pyridine rings is 1. The van der Waals surface area contributed by atoms with Crippen LogP contribution < -0.4 is 5.32 Å². The molecule has 0 saturated carbocycles. The van der Waals surface area contributed by atoms with E-state index in [4.69, 9.17) is 21.3 Å². The van der Waals surface area contributed by atoms with Crippen LogP contribution in [0.1, 0.15) is 72.9 Å². The summed E-state index contributed by atoms with van der Waals surface area (Å²) in [6, 6.07) is 24.8. The quantitative estimate of drug-likeness (QED) is 0.240.